The number of hydrogen-bond acceptors (Lipinski definition) is 2. The number of rotatable bonds is 2. The van der Waals surface area contributed by atoms with Crippen LogP contribution in [0.25, 0.3) is 0 Å². The molecular weight excluding hydrogens is 246 g/mol. The van der Waals surface area contributed by atoms with Crippen molar-refractivity contribution in [3.8, 4) is 0 Å². The lowest BCUT2D eigenvalue weighted by molar-refractivity contribution is 0.232. The van der Waals surface area contributed by atoms with Crippen LogP contribution >= 0.6 is 11.6 Å². The molecule has 2 nitrogen and oxygen atoms in total. The van der Waals surface area contributed by atoms with Gasteiger partial charge in [0.2, 0.25) is 0 Å². The molecule has 0 saturated carbocycles. The minimum atomic E-state index is 0.0526. The highest BCUT2D eigenvalue weighted by Crippen LogP contribution is 2.41. The summed E-state index contributed by atoms with van der Waals surface area (Å²) in [7, 11) is 0. The molecule has 1 atom stereocenters. The van der Waals surface area contributed by atoms with Crippen molar-refractivity contribution in [2.75, 3.05) is 18.1 Å². The summed E-state index contributed by atoms with van der Waals surface area (Å²) in [4.78, 5) is 2.35. The van der Waals surface area contributed by atoms with Crippen LogP contribution in [0.15, 0.2) is 12.1 Å². The number of aliphatic hydroxyl groups is 1. The fourth-order valence-electron chi connectivity index (χ4n) is 3.15. The number of nitrogens with zero attached hydrogens (tertiary/aromatic N) is 1. The van der Waals surface area contributed by atoms with Gasteiger partial charge in [-0.05, 0) is 51.3 Å². The lowest BCUT2D eigenvalue weighted by Gasteiger charge is -2.35. The quantitative estimate of drug-likeness (QED) is 0.886. The van der Waals surface area contributed by atoms with Crippen molar-refractivity contribution in [1.82, 2.24) is 0 Å². The molecule has 1 aliphatic rings. The molecule has 18 heavy (non-hydrogen) atoms. The van der Waals surface area contributed by atoms with Crippen LogP contribution in [0.2, 0.25) is 5.02 Å². The summed E-state index contributed by atoms with van der Waals surface area (Å²) in [6, 6.07) is 4.19. The predicted octanol–water partition coefficient (Wildman–Crippen LogP) is 3.55. The van der Waals surface area contributed by atoms with Gasteiger partial charge in [0.15, 0.2) is 0 Å². The van der Waals surface area contributed by atoms with E-state index in [0.717, 1.165) is 23.7 Å². The second-order valence-electron chi connectivity index (χ2n) is 6.09. The first-order valence-electron chi connectivity index (χ1n) is 6.50. The van der Waals surface area contributed by atoms with Gasteiger partial charge >= 0.3 is 0 Å². The summed E-state index contributed by atoms with van der Waals surface area (Å²) in [5.41, 5.74) is 3.59. The van der Waals surface area contributed by atoms with Crippen LogP contribution < -0.4 is 4.90 Å². The van der Waals surface area contributed by atoms with E-state index in [1.807, 2.05) is 6.07 Å². The monoisotopic (exact) mass is 267 g/mol. The Morgan fingerprint density at radius 2 is 2.06 bits per heavy atom. The highest BCUT2D eigenvalue weighted by molar-refractivity contribution is 6.33. The van der Waals surface area contributed by atoms with Crippen molar-refractivity contribution in [3.05, 3.63) is 28.3 Å². The molecule has 1 saturated heterocycles. The largest absolute Gasteiger partial charge is 0.396 e. The first kappa shape index (κ1) is 13.7. The second kappa shape index (κ2) is 4.75. The normalized spacial score (nSPS) is 22.6. The second-order valence-corrected chi connectivity index (χ2v) is 6.50. The Bertz CT molecular complexity index is 433. The summed E-state index contributed by atoms with van der Waals surface area (Å²) < 4.78 is 0. The first-order chi connectivity index (χ1) is 8.35. The van der Waals surface area contributed by atoms with Gasteiger partial charge in [0.05, 0.1) is 10.7 Å². The van der Waals surface area contributed by atoms with Gasteiger partial charge in [0, 0.05) is 24.6 Å². The van der Waals surface area contributed by atoms with Crippen molar-refractivity contribution in [2.45, 2.75) is 39.7 Å². The molecule has 0 amide bonds. The van der Waals surface area contributed by atoms with E-state index in [1.54, 1.807) is 0 Å². The Kier molecular flexibility index (Phi) is 3.61. The molecule has 2 rings (SSSR count). The highest BCUT2D eigenvalue weighted by atomic mass is 35.5. The van der Waals surface area contributed by atoms with Gasteiger partial charge in [-0.1, -0.05) is 17.7 Å². The van der Waals surface area contributed by atoms with Crippen LogP contribution in [0, 0.1) is 19.8 Å². The Hall–Kier alpha value is -0.730. The van der Waals surface area contributed by atoms with E-state index in [-0.39, 0.29) is 12.1 Å². The third kappa shape index (κ3) is 2.36. The molecule has 1 unspecified atom stereocenters. The number of anilines is 1. The fourth-order valence-corrected chi connectivity index (χ4v) is 3.58. The number of aliphatic hydroxyl groups excluding tert-OH is 1. The Morgan fingerprint density at radius 1 is 1.39 bits per heavy atom. The molecule has 1 N–H and O–H groups in total. The summed E-state index contributed by atoms with van der Waals surface area (Å²) in [6.45, 7) is 9.75. The molecule has 3 heteroatoms. The van der Waals surface area contributed by atoms with Crippen molar-refractivity contribution in [3.63, 3.8) is 0 Å². The van der Waals surface area contributed by atoms with E-state index in [0.29, 0.717) is 5.92 Å². The molecule has 0 aromatic heterocycles. The molecule has 0 bridgehead atoms. The van der Waals surface area contributed by atoms with Crippen LogP contribution in [0.3, 0.4) is 0 Å². The van der Waals surface area contributed by atoms with Gasteiger partial charge in [0.25, 0.3) is 0 Å². The van der Waals surface area contributed by atoms with Crippen LogP contribution in [0.1, 0.15) is 31.4 Å². The van der Waals surface area contributed by atoms with Gasteiger partial charge in [-0.3, -0.25) is 0 Å². The van der Waals surface area contributed by atoms with Crippen molar-refractivity contribution in [1.29, 1.82) is 0 Å². The number of hydrogen-bond donors (Lipinski definition) is 1. The van der Waals surface area contributed by atoms with E-state index in [4.69, 9.17) is 11.6 Å². The van der Waals surface area contributed by atoms with Crippen molar-refractivity contribution >= 4 is 17.3 Å². The molecule has 100 valence electrons. The minimum Gasteiger partial charge on any atom is -0.396 e. The Morgan fingerprint density at radius 3 is 2.56 bits per heavy atom. The lowest BCUT2D eigenvalue weighted by atomic mass is 9.96. The number of aryl methyl sites for hydroxylation is 2. The van der Waals surface area contributed by atoms with Gasteiger partial charge in [-0.2, -0.15) is 0 Å². The molecule has 1 heterocycles. The first-order valence-corrected chi connectivity index (χ1v) is 6.88. The summed E-state index contributed by atoms with van der Waals surface area (Å²) in [5, 5.41) is 10.2. The van der Waals surface area contributed by atoms with E-state index >= 15 is 0 Å². The van der Waals surface area contributed by atoms with Gasteiger partial charge < -0.3 is 10.0 Å². The van der Waals surface area contributed by atoms with E-state index in [1.165, 1.54) is 11.1 Å². The maximum atomic E-state index is 9.39. The van der Waals surface area contributed by atoms with Crippen LogP contribution in [0.5, 0.6) is 0 Å². The summed E-state index contributed by atoms with van der Waals surface area (Å²) in [5.74, 6) is 0.344. The lowest BCUT2D eigenvalue weighted by Crippen LogP contribution is -2.38. The summed E-state index contributed by atoms with van der Waals surface area (Å²) in [6.07, 6.45) is 1.01. The zero-order valence-corrected chi connectivity index (χ0v) is 12.4. The SMILES string of the molecule is Cc1cc(C)c(N2CC(CO)CC2(C)C)c(Cl)c1. The third-order valence-corrected chi connectivity index (χ3v) is 4.17. The maximum absolute atomic E-state index is 9.39. The van der Waals surface area contributed by atoms with Gasteiger partial charge in [0.1, 0.15) is 0 Å². The molecule has 0 radical (unpaired) electrons. The molecule has 0 aliphatic carbocycles. The van der Waals surface area contributed by atoms with Crippen LogP contribution in [-0.2, 0) is 0 Å². The minimum absolute atomic E-state index is 0.0526. The molecular formula is C15H22ClNO. The zero-order chi connectivity index (χ0) is 13.5. The third-order valence-electron chi connectivity index (χ3n) is 3.89. The molecule has 1 aromatic carbocycles. The Balaban J connectivity index is 2.43. The van der Waals surface area contributed by atoms with E-state index in [2.05, 4.69) is 38.7 Å². The number of benzene rings is 1. The average Bonchev–Trinajstić information content (AvgIpc) is 2.53. The van der Waals surface area contributed by atoms with E-state index < -0.39 is 0 Å². The van der Waals surface area contributed by atoms with Gasteiger partial charge in [-0.25, -0.2) is 0 Å². The van der Waals surface area contributed by atoms with E-state index in [9.17, 15) is 5.11 Å². The van der Waals surface area contributed by atoms with Crippen molar-refractivity contribution < 1.29 is 5.11 Å². The Labute approximate surface area is 115 Å². The highest BCUT2D eigenvalue weighted by Gasteiger charge is 2.39. The number of halogens is 1. The van der Waals surface area contributed by atoms with Crippen LogP contribution in [0.4, 0.5) is 5.69 Å². The molecule has 1 aromatic rings. The topological polar surface area (TPSA) is 23.5 Å². The smallest absolute Gasteiger partial charge is 0.0645 e. The zero-order valence-electron chi connectivity index (χ0n) is 11.6. The average molecular weight is 268 g/mol. The molecule has 1 fully saturated rings. The molecule has 1 aliphatic heterocycles. The predicted molar refractivity (Wildman–Crippen MR) is 77.5 cm³/mol. The molecule has 0 spiro atoms. The maximum Gasteiger partial charge on any atom is 0.0645 e. The summed E-state index contributed by atoms with van der Waals surface area (Å²) >= 11 is 6.43. The van der Waals surface area contributed by atoms with Crippen LogP contribution in [-0.4, -0.2) is 23.8 Å². The van der Waals surface area contributed by atoms with Gasteiger partial charge in [-0.15, -0.1) is 0 Å². The van der Waals surface area contributed by atoms with Crippen molar-refractivity contribution in [2.24, 2.45) is 5.92 Å². The fraction of sp³-hybridized carbons (Fsp3) is 0.600. The standard InChI is InChI=1S/C15H22ClNO/c1-10-5-11(2)14(13(16)6-10)17-8-12(9-18)7-15(17,3)4/h5-6,12,18H,7-9H2,1-4H3.